The van der Waals surface area contributed by atoms with Gasteiger partial charge in [-0.15, -0.1) is 0 Å². The minimum atomic E-state index is -3.74. The molecule has 1 aromatic carbocycles. The van der Waals surface area contributed by atoms with Crippen LogP contribution in [0.25, 0.3) is 0 Å². The van der Waals surface area contributed by atoms with Crippen molar-refractivity contribution in [3.63, 3.8) is 0 Å². The van der Waals surface area contributed by atoms with E-state index in [4.69, 9.17) is 4.74 Å². The van der Waals surface area contributed by atoms with E-state index in [1.165, 1.54) is 4.31 Å². The Bertz CT molecular complexity index is 794. The van der Waals surface area contributed by atoms with E-state index in [9.17, 15) is 13.5 Å². The molecule has 1 aromatic rings. The first kappa shape index (κ1) is 23.2. The lowest BCUT2D eigenvalue weighted by Crippen LogP contribution is -2.38. The third-order valence-corrected chi connectivity index (χ3v) is 7.36. The quantitative estimate of drug-likeness (QED) is 0.811. The number of nitrogens with zero attached hydrogens (tertiary/aromatic N) is 1. The van der Waals surface area contributed by atoms with Crippen molar-refractivity contribution >= 4 is 10.0 Å². The number of ether oxygens (including phenoxy) is 1. The number of aliphatic hydroxyl groups is 1. The molecule has 6 heteroatoms. The van der Waals surface area contributed by atoms with Crippen LogP contribution < -0.4 is 4.74 Å². The van der Waals surface area contributed by atoms with Crippen LogP contribution in [0.3, 0.4) is 0 Å². The molecule has 1 unspecified atom stereocenters. The van der Waals surface area contributed by atoms with Crippen molar-refractivity contribution in [1.29, 1.82) is 0 Å². The number of hydrogen-bond acceptors (Lipinski definition) is 4. The first-order chi connectivity index (χ1) is 12.5. The van der Waals surface area contributed by atoms with Gasteiger partial charge in [0.15, 0.2) is 0 Å². The number of aliphatic hydroxyl groups excluding tert-OH is 1. The molecule has 0 radical (unpaired) electrons. The summed E-state index contributed by atoms with van der Waals surface area (Å²) in [4.78, 5) is 0.277. The van der Waals surface area contributed by atoms with Crippen molar-refractivity contribution in [2.24, 2.45) is 5.41 Å². The smallest absolute Gasteiger partial charge is 0.243 e. The van der Waals surface area contributed by atoms with E-state index in [1.54, 1.807) is 19.2 Å². The Morgan fingerprint density at radius 2 is 1.57 bits per heavy atom. The van der Waals surface area contributed by atoms with Gasteiger partial charge in [0, 0.05) is 23.7 Å². The molecular formula is C22H37NO4S. The summed E-state index contributed by atoms with van der Waals surface area (Å²) in [5.74, 6) is 0.749. The average molecular weight is 412 g/mol. The molecule has 160 valence electrons. The normalized spacial score (nSPS) is 21.1. The van der Waals surface area contributed by atoms with Crippen molar-refractivity contribution in [3.8, 4) is 5.75 Å². The first-order valence-corrected chi connectivity index (χ1v) is 11.3. The highest BCUT2D eigenvalue weighted by Gasteiger charge is 2.44. The van der Waals surface area contributed by atoms with Crippen molar-refractivity contribution in [2.75, 3.05) is 20.3 Å². The summed E-state index contributed by atoms with van der Waals surface area (Å²) >= 11 is 0. The van der Waals surface area contributed by atoms with Crippen LogP contribution in [0.4, 0.5) is 0 Å². The van der Waals surface area contributed by atoms with Crippen molar-refractivity contribution in [1.82, 2.24) is 4.31 Å². The van der Waals surface area contributed by atoms with E-state index in [-0.39, 0.29) is 27.7 Å². The maximum Gasteiger partial charge on any atom is 0.243 e. The maximum atomic E-state index is 13.6. The highest BCUT2D eigenvalue weighted by molar-refractivity contribution is 7.89. The lowest BCUT2D eigenvalue weighted by Gasteiger charge is -2.31. The van der Waals surface area contributed by atoms with E-state index >= 15 is 0 Å². The van der Waals surface area contributed by atoms with Crippen LogP contribution in [0.1, 0.15) is 72.9 Å². The Morgan fingerprint density at radius 1 is 1.11 bits per heavy atom. The van der Waals surface area contributed by atoms with E-state index in [0.29, 0.717) is 13.0 Å². The first-order valence-electron chi connectivity index (χ1n) is 9.90. The molecular weight excluding hydrogens is 374 g/mol. The molecule has 1 saturated heterocycles. The van der Waals surface area contributed by atoms with Crippen LogP contribution in [0.15, 0.2) is 17.0 Å². The van der Waals surface area contributed by atoms with E-state index in [0.717, 1.165) is 16.9 Å². The van der Waals surface area contributed by atoms with Gasteiger partial charge in [-0.25, -0.2) is 8.42 Å². The van der Waals surface area contributed by atoms with E-state index in [2.05, 4.69) is 41.5 Å². The Labute approximate surface area is 171 Å². The van der Waals surface area contributed by atoms with Gasteiger partial charge in [0.2, 0.25) is 10.0 Å². The number of hydrogen-bond donors (Lipinski definition) is 1. The fourth-order valence-electron chi connectivity index (χ4n) is 4.01. The minimum Gasteiger partial charge on any atom is -0.496 e. The highest BCUT2D eigenvalue weighted by atomic mass is 32.2. The molecule has 0 aromatic heterocycles. The van der Waals surface area contributed by atoms with Gasteiger partial charge >= 0.3 is 0 Å². The number of methoxy groups -OCH3 is 1. The summed E-state index contributed by atoms with van der Waals surface area (Å²) in [5.41, 5.74) is 1.03. The largest absolute Gasteiger partial charge is 0.496 e. The van der Waals surface area contributed by atoms with Gasteiger partial charge in [0.1, 0.15) is 5.75 Å². The van der Waals surface area contributed by atoms with E-state index in [1.807, 2.05) is 13.8 Å². The molecule has 1 aliphatic rings. The van der Waals surface area contributed by atoms with Gasteiger partial charge < -0.3 is 9.84 Å². The number of sulfonamides is 1. The number of rotatable bonds is 4. The summed E-state index contributed by atoms with van der Waals surface area (Å²) in [6.07, 6.45) is 0.650. The molecule has 1 atom stereocenters. The molecule has 0 spiro atoms. The zero-order chi connectivity index (χ0) is 21.7. The fourth-order valence-corrected chi connectivity index (χ4v) is 5.87. The lowest BCUT2D eigenvalue weighted by atomic mass is 9.79. The van der Waals surface area contributed by atoms with Crippen LogP contribution in [0, 0.1) is 5.41 Å². The van der Waals surface area contributed by atoms with Crippen molar-refractivity contribution < 1.29 is 18.3 Å². The van der Waals surface area contributed by atoms with Gasteiger partial charge in [0.25, 0.3) is 0 Å². The molecule has 1 heterocycles. The minimum absolute atomic E-state index is 0.160. The second-order valence-electron chi connectivity index (χ2n) is 10.8. The molecule has 0 bridgehead atoms. The third-order valence-electron chi connectivity index (χ3n) is 5.48. The van der Waals surface area contributed by atoms with Gasteiger partial charge in [-0.2, -0.15) is 4.31 Å². The molecule has 5 nitrogen and oxygen atoms in total. The van der Waals surface area contributed by atoms with Gasteiger partial charge in [-0.05, 0) is 34.8 Å². The summed E-state index contributed by atoms with van der Waals surface area (Å²) in [5, 5.41) is 9.80. The Balaban J connectivity index is 2.74. The molecule has 0 amide bonds. The Hall–Kier alpha value is -1.11. The summed E-state index contributed by atoms with van der Waals surface area (Å²) in [7, 11) is -2.11. The number of benzene rings is 1. The predicted octanol–water partition coefficient (Wildman–Crippen LogP) is 4.07. The van der Waals surface area contributed by atoms with Crippen LogP contribution in [0.2, 0.25) is 0 Å². The molecule has 0 aliphatic carbocycles. The zero-order valence-corrected chi connectivity index (χ0v) is 19.7. The Kier molecular flexibility index (Phi) is 6.04. The summed E-state index contributed by atoms with van der Waals surface area (Å²) < 4.78 is 34.5. The SMILES string of the molecule is COc1c(C(C)(C)C)cc(S(=O)(=O)N2CC(C)(C)CC2CO)cc1C(C)(C)C. The molecule has 1 fully saturated rings. The standard InChI is InChI=1S/C22H37NO4S/c1-20(2,3)17-10-16(11-18(19(17)27-9)21(4,5)6)28(25,26)23-14-22(7,8)12-15(23)13-24/h10-11,15,24H,12-14H2,1-9H3. The average Bonchev–Trinajstić information content (AvgIpc) is 2.87. The van der Waals surface area contributed by atoms with Crippen LogP contribution in [0.5, 0.6) is 5.75 Å². The third kappa shape index (κ3) is 4.39. The predicted molar refractivity (Wildman–Crippen MR) is 114 cm³/mol. The lowest BCUT2D eigenvalue weighted by molar-refractivity contribution is 0.212. The fraction of sp³-hybridized carbons (Fsp3) is 0.727. The van der Waals surface area contributed by atoms with Crippen molar-refractivity contribution in [3.05, 3.63) is 23.3 Å². The maximum absolute atomic E-state index is 13.6. The van der Waals surface area contributed by atoms with Gasteiger partial charge in [-0.3, -0.25) is 0 Å². The zero-order valence-electron chi connectivity index (χ0n) is 18.9. The van der Waals surface area contributed by atoms with Gasteiger partial charge in [0.05, 0.1) is 18.6 Å². The second kappa shape index (κ2) is 7.29. The summed E-state index contributed by atoms with van der Waals surface area (Å²) in [6, 6.07) is 3.12. The second-order valence-corrected chi connectivity index (χ2v) is 12.7. The van der Waals surface area contributed by atoms with Gasteiger partial charge in [-0.1, -0.05) is 55.4 Å². The molecule has 1 N–H and O–H groups in total. The van der Waals surface area contributed by atoms with Crippen LogP contribution in [-0.2, 0) is 20.9 Å². The molecule has 1 aliphatic heterocycles. The molecule has 0 saturated carbocycles. The Morgan fingerprint density at radius 3 is 1.93 bits per heavy atom. The molecule has 28 heavy (non-hydrogen) atoms. The van der Waals surface area contributed by atoms with E-state index < -0.39 is 16.1 Å². The summed E-state index contributed by atoms with van der Waals surface area (Å²) in [6.45, 7) is 16.7. The van der Waals surface area contributed by atoms with Crippen LogP contribution in [-0.4, -0.2) is 44.1 Å². The molecule has 2 rings (SSSR count). The highest BCUT2D eigenvalue weighted by Crippen LogP contribution is 2.43. The topological polar surface area (TPSA) is 66.8 Å². The van der Waals surface area contributed by atoms with Crippen molar-refractivity contribution in [2.45, 2.75) is 83.6 Å². The van der Waals surface area contributed by atoms with Crippen LogP contribution >= 0.6 is 0 Å². The monoisotopic (exact) mass is 411 g/mol.